The fourth-order valence-corrected chi connectivity index (χ4v) is 5.11. The van der Waals surface area contributed by atoms with Crippen LogP contribution in [0.5, 0.6) is 11.5 Å². The summed E-state index contributed by atoms with van der Waals surface area (Å²) in [6, 6.07) is 14.4. The number of unbranched alkanes of at least 4 members (excludes halogenated alkanes) is 1. The number of benzene rings is 3. The van der Waals surface area contributed by atoms with Crippen molar-refractivity contribution in [2.45, 2.75) is 46.2 Å². The van der Waals surface area contributed by atoms with Crippen LogP contribution in [0.15, 0.2) is 63.8 Å². The van der Waals surface area contributed by atoms with Crippen molar-refractivity contribution in [1.29, 1.82) is 0 Å². The maximum Gasteiger partial charge on any atom is 0.291 e. The SMILES string of the molecule is CCCCOc1ccc(C2c3c(oc4cc(C)cc(C)c4c3=O)C(=O)N2Cc2ccc(F)cc2)cc1OC. The lowest BCUT2D eigenvalue weighted by Gasteiger charge is -2.26. The number of hydrogen-bond donors (Lipinski definition) is 0. The first-order valence-electron chi connectivity index (χ1n) is 12.8. The van der Waals surface area contributed by atoms with Gasteiger partial charge in [0.15, 0.2) is 16.9 Å². The number of amides is 1. The second kappa shape index (κ2) is 10.3. The Morgan fingerprint density at radius 1 is 1.00 bits per heavy atom. The maximum absolute atomic E-state index is 14.0. The Hall–Kier alpha value is -4.13. The molecule has 1 unspecified atom stereocenters. The molecular formula is C31H30FNO5. The molecule has 7 heteroatoms. The lowest BCUT2D eigenvalue weighted by Crippen LogP contribution is -2.29. The molecule has 1 atom stereocenters. The normalized spacial score (nSPS) is 14.7. The molecule has 196 valence electrons. The molecule has 0 saturated carbocycles. The number of carbonyl (C=O) groups excluding carboxylic acids is 1. The van der Waals surface area contributed by atoms with Crippen LogP contribution in [0.2, 0.25) is 0 Å². The maximum atomic E-state index is 14.0. The molecule has 4 aromatic rings. The van der Waals surface area contributed by atoms with Crippen LogP contribution in [0.4, 0.5) is 4.39 Å². The lowest BCUT2D eigenvalue weighted by molar-refractivity contribution is 0.0714. The third-order valence-electron chi connectivity index (χ3n) is 6.94. The van der Waals surface area contributed by atoms with Gasteiger partial charge in [0, 0.05) is 6.54 Å². The summed E-state index contributed by atoms with van der Waals surface area (Å²) < 4.78 is 31.2. The molecule has 0 N–H and O–H groups in total. The molecule has 5 rings (SSSR count). The van der Waals surface area contributed by atoms with E-state index in [1.54, 1.807) is 42.3 Å². The second-order valence-electron chi connectivity index (χ2n) is 9.70. The minimum atomic E-state index is -0.720. The van der Waals surface area contributed by atoms with E-state index in [-0.39, 0.29) is 23.6 Å². The number of nitrogens with zero attached hydrogens (tertiary/aromatic N) is 1. The van der Waals surface area contributed by atoms with Gasteiger partial charge in [-0.05, 0) is 72.9 Å². The number of halogens is 1. The van der Waals surface area contributed by atoms with Gasteiger partial charge in [-0.25, -0.2) is 4.39 Å². The first-order valence-corrected chi connectivity index (χ1v) is 12.8. The van der Waals surface area contributed by atoms with Crippen molar-refractivity contribution in [3.63, 3.8) is 0 Å². The van der Waals surface area contributed by atoms with E-state index in [4.69, 9.17) is 13.9 Å². The molecule has 0 saturated heterocycles. The molecule has 0 bridgehead atoms. The smallest absolute Gasteiger partial charge is 0.291 e. The summed E-state index contributed by atoms with van der Waals surface area (Å²) in [4.78, 5) is 29.3. The highest BCUT2D eigenvalue weighted by atomic mass is 19.1. The summed E-state index contributed by atoms with van der Waals surface area (Å²) in [6.07, 6.45) is 1.91. The quantitative estimate of drug-likeness (QED) is 0.251. The monoisotopic (exact) mass is 515 g/mol. The number of carbonyl (C=O) groups is 1. The number of fused-ring (bicyclic) bond motifs is 2. The van der Waals surface area contributed by atoms with Gasteiger partial charge in [-0.2, -0.15) is 0 Å². The van der Waals surface area contributed by atoms with Crippen LogP contribution in [0.25, 0.3) is 11.0 Å². The lowest BCUT2D eigenvalue weighted by atomic mass is 9.96. The minimum absolute atomic E-state index is 0.0295. The van der Waals surface area contributed by atoms with Crippen LogP contribution >= 0.6 is 0 Å². The van der Waals surface area contributed by atoms with E-state index in [1.165, 1.54) is 12.1 Å². The average Bonchev–Trinajstić information content (AvgIpc) is 3.16. The molecule has 0 spiro atoms. The van der Waals surface area contributed by atoms with Gasteiger partial charge in [0.25, 0.3) is 5.91 Å². The molecule has 0 fully saturated rings. The number of methoxy groups -OCH3 is 1. The Kier molecular flexibility index (Phi) is 6.93. The highest BCUT2D eigenvalue weighted by molar-refractivity contribution is 5.99. The number of hydrogen-bond acceptors (Lipinski definition) is 5. The fraction of sp³-hybridized carbons (Fsp3) is 0.290. The van der Waals surface area contributed by atoms with Crippen molar-refractivity contribution < 1.29 is 23.1 Å². The first kappa shape index (κ1) is 25.5. The Balaban J connectivity index is 1.68. The number of ether oxygens (including phenoxy) is 2. The van der Waals surface area contributed by atoms with Gasteiger partial charge in [0.05, 0.1) is 30.7 Å². The van der Waals surface area contributed by atoms with Gasteiger partial charge < -0.3 is 18.8 Å². The van der Waals surface area contributed by atoms with Gasteiger partial charge in [0.2, 0.25) is 5.76 Å². The third-order valence-corrected chi connectivity index (χ3v) is 6.94. The van der Waals surface area contributed by atoms with Crippen molar-refractivity contribution in [2.24, 2.45) is 0 Å². The molecule has 1 aliphatic heterocycles. The van der Waals surface area contributed by atoms with E-state index in [9.17, 15) is 14.0 Å². The van der Waals surface area contributed by atoms with Crippen LogP contribution in [0.3, 0.4) is 0 Å². The molecule has 1 aliphatic rings. The van der Waals surface area contributed by atoms with Crippen molar-refractivity contribution in [3.8, 4) is 11.5 Å². The standard InChI is InChI=1S/C31H30FNO5/c1-5-6-13-37-23-12-9-21(16-24(23)36-4)28-27-29(34)26-19(3)14-18(2)15-25(26)38-30(27)31(35)33(28)17-20-7-10-22(32)11-8-20/h7-12,14-16,28H,5-6,13,17H2,1-4H3. The van der Waals surface area contributed by atoms with Crippen LogP contribution in [-0.2, 0) is 6.54 Å². The highest BCUT2D eigenvalue weighted by Gasteiger charge is 2.43. The zero-order chi connectivity index (χ0) is 27.0. The van der Waals surface area contributed by atoms with Crippen molar-refractivity contribution >= 4 is 16.9 Å². The summed E-state index contributed by atoms with van der Waals surface area (Å²) in [7, 11) is 1.56. The van der Waals surface area contributed by atoms with E-state index in [0.717, 1.165) is 29.5 Å². The van der Waals surface area contributed by atoms with Crippen LogP contribution in [0, 0.1) is 19.7 Å². The average molecular weight is 516 g/mol. The van der Waals surface area contributed by atoms with Gasteiger partial charge in [-0.1, -0.05) is 37.6 Å². The molecular weight excluding hydrogens is 485 g/mol. The fourth-order valence-electron chi connectivity index (χ4n) is 5.11. The molecule has 1 amide bonds. The van der Waals surface area contributed by atoms with E-state index in [2.05, 4.69) is 6.92 Å². The number of rotatable bonds is 8. The summed E-state index contributed by atoms with van der Waals surface area (Å²) in [5.74, 6) is 0.379. The van der Waals surface area contributed by atoms with Crippen molar-refractivity contribution in [1.82, 2.24) is 4.90 Å². The second-order valence-corrected chi connectivity index (χ2v) is 9.70. The third kappa shape index (κ3) is 4.53. The highest BCUT2D eigenvalue weighted by Crippen LogP contribution is 2.42. The zero-order valence-corrected chi connectivity index (χ0v) is 22.0. The zero-order valence-electron chi connectivity index (χ0n) is 22.0. The van der Waals surface area contributed by atoms with E-state index >= 15 is 0 Å². The topological polar surface area (TPSA) is 69.0 Å². The van der Waals surface area contributed by atoms with Crippen LogP contribution in [-0.4, -0.2) is 24.5 Å². The molecule has 0 aliphatic carbocycles. The van der Waals surface area contributed by atoms with Gasteiger partial charge >= 0.3 is 0 Å². The van der Waals surface area contributed by atoms with Crippen molar-refractivity contribution in [3.05, 3.63) is 104 Å². The van der Waals surface area contributed by atoms with Crippen molar-refractivity contribution in [2.75, 3.05) is 13.7 Å². The molecule has 2 heterocycles. The Morgan fingerprint density at radius 2 is 1.76 bits per heavy atom. The predicted octanol–water partition coefficient (Wildman–Crippen LogP) is 6.48. The van der Waals surface area contributed by atoms with Gasteiger partial charge in [0.1, 0.15) is 11.4 Å². The molecule has 38 heavy (non-hydrogen) atoms. The first-order chi connectivity index (χ1) is 18.3. The largest absolute Gasteiger partial charge is 0.493 e. The molecule has 0 radical (unpaired) electrons. The van der Waals surface area contributed by atoms with Gasteiger partial charge in [-0.3, -0.25) is 9.59 Å². The van der Waals surface area contributed by atoms with Crippen LogP contribution < -0.4 is 14.9 Å². The molecule has 1 aromatic heterocycles. The summed E-state index contributed by atoms with van der Waals surface area (Å²) in [5, 5.41) is 0.460. The summed E-state index contributed by atoms with van der Waals surface area (Å²) >= 11 is 0. The Bertz CT molecular complexity index is 1570. The summed E-state index contributed by atoms with van der Waals surface area (Å²) in [5.41, 5.74) is 3.59. The number of aryl methyl sites for hydroxylation is 2. The predicted molar refractivity (Wildman–Crippen MR) is 143 cm³/mol. The minimum Gasteiger partial charge on any atom is -0.493 e. The molecule has 6 nitrogen and oxygen atoms in total. The Morgan fingerprint density at radius 3 is 2.47 bits per heavy atom. The Labute approximate surface area is 220 Å². The van der Waals surface area contributed by atoms with Gasteiger partial charge in [-0.15, -0.1) is 0 Å². The molecule has 3 aromatic carbocycles. The van der Waals surface area contributed by atoms with E-state index in [0.29, 0.717) is 40.2 Å². The summed E-state index contributed by atoms with van der Waals surface area (Å²) in [6.45, 7) is 6.60. The van der Waals surface area contributed by atoms with E-state index < -0.39 is 11.9 Å². The van der Waals surface area contributed by atoms with Crippen LogP contribution in [0.1, 0.15) is 64.2 Å². The van der Waals surface area contributed by atoms with E-state index in [1.807, 2.05) is 26.0 Å².